The smallest absolute Gasteiger partial charge is 0.358 e. The van der Waals surface area contributed by atoms with Crippen molar-refractivity contribution in [1.29, 1.82) is 0 Å². The van der Waals surface area contributed by atoms with Gasteiger partial charge in [0.1, 0.15) is 12.9 Å². The van der Waals surface area contributed by atoms with Crippen LogP contribution < -0.4 is 10.2 Å². The Hall–Kier alpha value is -2.89. The molecule has 0 aliphatic rings. The van der Waals surface area contributed by atoms with Crippen LogP contribution in [0, 0.1) is 6.92 Å². The molecule has 0 amide bonds. The zero-order valence-corrected chi connectivity index (χ0v) is 12.9. The molecule has 0 aliphatic carbocycles. The Kier molecular flexibility index (Phi) is 5.30. The number of aromatic nitrogens is 1. The van der Waals surface area contributed by atoms with E-state index in [1.54, 1.807) is 6.92 Å². The molecule has 1 aromatic heterocycles. The maximum atomic E-state index is 12.4. The van der Waals surface area contributed by atoms with Crippen LogP contribution in [0.15, 0.2) is 41.3 Å². The molecule has 23 heavy (non-hydrogen) atoms. The second-order valence-corrected chi connectivity index (χ2v) is 4.90. The summed E-state index contributed by atoms with van der Waals surface area (Å²) in [7, 11) is 1.21. The van der Waals surface area contributed by atoms with E-state index in [1.165, 1.54) is 17.9 Å². The Morgan fingerprint density at radius 2 is 1.96 bits per heavy atom. The summed E-state index contributed by atoms with van der Waals surface area (Å²) in [5.41, 5.74) is 0.767. The van der Waals surface area contributed by atoms with Crippen LogP contribution >= 0.6 is 0 Å². The molecule has 0 spiro atoms. The number of carbonyl (C=O) groups excluding carboxylic acids is 2. The van der Waals surface area contributed by atoms with Crippen molar-refractivity contribution < 1.29 is 19.1 Å². The molecule has 0 atom stereocenters. The van der Waals surface area contributed by atoms with Crippen molar-refractivity contribution in [2.45, 2.75) is 20.1 Å². The van der Waals surface area contributed by atoms with Gasteiger partial charge in [0, 0.05) is 11.8 Å². The standard InChI is InChI=1S/C17H17NO5/c1-12-10-18(8-9-19)14(17(21)22-2)16(15(12)20)23-11-13-6-4-3-5-7-13/h3-7,9-10H,8,11H2,1-2H3. The highest BCUT2D eigenvalue weighted by Crippen LogP contribution is 2.18. The Bertz CT molecular complexity index is 765. The minimum atomic E-state index is -0.730. The molecular weight excluding hydrogens is 298 g/mol. The van der Waals surface area contributed by atoms with E-state index in [4.69, 9.17) is 9.47 Å². The lowest BCUT2D eigenvalue weighted by Crippen LogP contribution is -2.24. The number of hydrogen-bond donors (Lipinski definition) is 0. The van der Waals surface area contributed by atoms with Crippen LogP contribution in [-0.2, 0) is 22.7 Å². The van der Waals surface area contributed by atoms with Crippen molar-refractivity contribution in [2.75, 3.05) is 7.11 Å². The van der Waals surface area contributed by atoms with Crippen LogP contribution in [0.2, 0.25) is 0 Å². The molecule has 2 rings (SSSR count). The van der Waals surface area contributed by atoms with Crippen molar-refractivity contribution in [2.24, 2.45) is 0 Å². The first-order valence-corrected chi connectivity index (χ1v) is 7.01. The van der Waals surface area contributed by atoms with Gasteiger partial charge in [-0.1, -0.05) is 30.3 Å². The lowest BCUT2D eigenvalue weighted by atomic mass is 10.2. The minimum Gasteiger partial charge on any atom is -0.482 e. The molecule has 0 saturated heterocycles. The zero-order valence-electron chi connectivity index (χ0n) is 12.9. The molecule has 6 heteroatoms. The lowest BCUT2D eigenvalue weighted by molar-refractivity contribution is -0.108. The Morgan fingerprint density at radius 3 is 2.57 bits per heavy atom. The van der Waals surface area contributed by atoms with Crippen LogP contribution in [-0.4, -0.2) is 23.9 Å². The summed E-state index contributed by atoms with van der Waals surface area (Å²) in [5.74, 6) is -0.838. The summed E-state index contributed by atoms with van der Waals surface area (Å²) >= 11 is 0. The van der Waals surface area contributed by atoms with Crippen LogP contribution in [0.5, 0.6) is 5.75 Å². The Labute approximate surface area is 133 Å². The second-order valence-electron chi connectivity index (χ2n) is 4.90. The van der Waals surface area contributed by atoms with Crippen molar-refractivity contribution in [3.8, 4) is 5.75 Å². The molecule has 0 saturated carbocycles. The lowest BCUT2D eigenvalue weighted by Gasteiger charge is -2.15. The molecule has 2 aromatic rings. The van der Waals surface area contributed by atoms with E-state index in [0.29, 0.717) is 11.8 Å². The van der Waals surface area contributed by atoms with Crippen molar-refractivity contribution in [3.63, 3.8) is 0 Å². The molecule has 1 aromatic carbocycles. The molecule has 0 bridgehead atoms. The first-order valence-electron chi connectivity index (χ1n) is 7.01. The topological polar surface area (TPSA) is 74.6 Å². The van der Waals surface area contributed by atoms with Gasteiger partial charge in [0.05, 0.1) is 13.7 Å². The maximum Gasteiger partial charge on any atom is 0.358 e. The van der Waals surface area contributed by atoms with Crippen LogP contribution in [0.4, 0.5) is 0 Å². The quantitative estimate of drug-likeness (QED) is 0.599. The number of methoxy groups -OCH3 is 1. The summed E-state index contributed by atoms with van der Waals surface area (Å²) in [5, 5.41) is 0. The number of aldehydes is 1. The minimum absolute atomic E-state index is 0.0638. The van der Waals surface area contributed by atoms with Gasteiger partial charge in [-0.05, 0) is 12.5 Å². The van der Waals surface area contributed by atoms with Crippen molar-refractivity contribution >= 4 is 12.3 Å². The molecule has 0 radical (unpaired) electrons. The molecule has 1 heterocycles. The van der Waals surface area contributed by atoms with E-state index in [9.17, 15) is 14.4 Å². The number of hydrogen-bond acceptors (Lipinski definition) is 5. The molecular formula is C17H17NO5. The van der Waals surface area contributed by atoms with E-state index < -0.39 is 11.4 Å². The predicted molar refractivity (Wildman–Crippen MR) is 83.6 cm³/mol. The van der Waals surface area contributed by atoms with Gasteiger partial charge < -0.3 is 18.8 Å². The van der Waals surface area contributed by atoms with E-state index in [2.05, 4.69) is 0 Å². The van der Waals surface area contributed by atoms with Gasteiger partial charge in [0.2, 0.25) is 5.43 Å². The highest BCUT2D eigenvalue weighted by atomic mass is 16.5. The second kappa shape index (κ2) is 7.40. The molecule has 6 nitrogen and oxygen atoms in total. The van der Waals surface area contributed by atoms with E-state index >= 15 is 0 Å². The number of carbonyl (C=O) groups is 2. The van der Waals surface area contributed by atoms with Crippen LogP contribution in [0.25, 0.3) is 0 Å². The fourth-order valence-electron chi connectivity index (χ4n) is 2.17. The molecule has 0 N–H and O–H groups in total. The zero-order chi connectivity index (χ0) is 16.8. The van der Waals surface area contributed by atoms with Gasteiger partial charge in [-0.2, -0.15) is 0 Å². The number of aryl methyl sites for hydroxylation is 1. The third kappa shape index (κ3) is 3.66. The molecule has 0 unspecified atom stereocenters. The number of ether oxygens (including phenoxy) is 2. The fraction of sp³-hybridized carbons (Fsp3) is 0.235. The summed E-state index contributed by atoms with van der Waals surface area (Å²) in [6.45, 7) is 1.65. The summed E-state index contributed by atoms with van der Waals surface area (Å²) in [4.78, 5) is 35.2. The van der Waals surface area contributed by atoms with Gasteiger partial charge >= 0.3 is 5.97 Å². The summed E-state index contributed by atoms with van der Waals surface area (Å²) in [6, 6.07) is 9.25. The number of benzene rings is 1. The Morgan fingerprint density at radius 1 is 1.26 bits per heavy atom. The SMILES string of the molecule is COC(=O)c1c(OCc2ccccc2)c(=O)c(C)cn1CC=O. The predicted octanol–water partition coefficient (Wildman–Crippen LogP) is 1.72. The normalized spacial score (nSPS) is 10.2. The van der Waals surface area contributed by atoms with Crippen LogP contribution in [0.1, 0.15) is 21.6 Å². The first kappa shape index (κ1) is 16.5. The highest BCUT2D eigenvalue weighted by Gasteiger charge is 2.22. The molecule has 120 valence electrons. The average Bonchev–Trinajstić information content (AvgIpc) is 2.57. The van der Waals surface area contributed by atoms with E-state index in [-0.39, 0.29) is 24.6 Å². The molecule has 0 aliphatic heterocycles. The highest BCUT2D eigenvalue weighted by molar-refractivity contribution is 5.90. The Balaban J connectivity index is 2.48. The van der Waals surface area contributed by atoms with Crippen molar-refractivity contribution in [1.82, 2.24) is 4.57 Å². The number of pyridine rings is 1. The molecule has 0 fully saturated rings. The number of rotatable bonds is 6. The third-order valence-corrected chi connectivity index (χ3v) is 3.29. The number of nitrogens with zero attached hydrogens (tertiary/aromatic N) is 1. The maximum absolute atomic E-state index is 12.4. The van der Waals surface area contributed by atoms with Crippen molar-refractivity contribution in [3.05, 3.63) is 63.6 Å². The van der Waals surface area contributed by atoms with Gasteiger partial charge in [0.15, 0.2) is 11.4 Å². The third-order valence-electron chi connectivity index (χ3n) is 3.29. The van der Waals surface area contributed by atoms with E-state index in [0.717, 1.165) is 5.56 Å². The van der Waals surface area contributed by atoms with Gasteiger partial charge in [0.25, 0.3) is 0 Å². The van der Waals surface area contributed by atoms with Crippen LogP contribution in [0.3, 0.4) is 0 Å². The average molecular weight is 315 g/mol. The fourth-order valence-corrected chi connectivity index (χ4v) is 2.17. The monoisotopic (exact) mass is 315 g/mol. The summed E-state index contributed by atoms with van der Waals surface area (Å²) in [6.07, 6.45) is 2.08. The summed E-state index contributed by atoms with van der Waals surface area (Å²) < 4.78 is 11.7. The largest absolute Gasteiger partial charge is 0.482 e. The van der Waals surface area contributed by atoms with E-state index in [1.807, 2.05) is 30.3 Å². The number of esters is 1. The van der Waals surface area contributed by atoms with Gasteiger partial charge in [-0.3, -0.25) is 4.79 Å². The first-order chi connectivity index (χ1) is 11.1. The van der Waals surface area contributed by atoms with Gasteiger partial charge in [-0.25, -0.2) is 4.79 Å². The van der Waals surface area contributed by atoms with Gasteiger partial charge in [-0.15, -0.1) is 0 Å².